The average Bonchev–Trinajstić information content (AvgIpc) is 2.80. The maximum Gasteiger partial charge on any atom is 0.276 e. The summed E-state index contributed by atoms with van der Waals surface area (Å²) in [4.78, 5) is 35.3. The molecule has 0 saturated carbocycles. The molecule has 2 rings (SSSR count). The van der Waals surface area contributed by atoms with E-state index in [2.05, 4.69) is 5.32 Å². The minimum Gasteiger partial charge on any atom is -0.494 e. The monoisotopic (exact) mass is 444 g/mol. The lowest BCUT2D eigenvalue weighted by molar-refractivity contribution is -0.385. The van der Waals surface area contributed by atoms with E-state index in [4.69, 9.17) is 14.2 Å². The molecule has 2 aromatic rings. The first kappa shape index (κ1) is 24.6. The molecule has 9 nitrogen and oxygen atoms in total. The van der Waals surface area contributed by atoms with Crippen molar-refractivity contribution in [3.63, 3.8) is 0 Å². The van der Waals surface area contributed by atoms with Crippen LogP contribution in [0.4, 0.5) is 5.69 Å². The molecule has 0 aromatic heterocycles. The number of nitro benzene ring substituents is 1. The summed E-state index contributed by atoms with van der Waals surface area (Å²) < 4.78 is 15.8. The molecule has 1 N–H and O–H groups in total. The van der Waals surface area contributed by atoms with E-state index in [1.807, 2.05) is 6.92 Å². The van der Waals surface area contributed by atoms with Crippen molar-refractivity contribution in [3.8, 4) is 17.2 Å². The molecule has 0 aliphatic heterocycles. The summed E-state index contributed by atoms with van der Waals surface area (Å²) in [6.07, 6.45) is 1.23. The highest BCUT2D eigenvalue weighted by molar-refractivity contribution is 5.98. The van der Waals surface area contributed by atoms with Crippen LogP contribution in [0.5, 0.6) is 17.2 Å². The molecule has 32 heavy (non-hydrogen) atoms. The van der Waals surface area contributed by atoms with Gasteiger partial charge in [-0.3, -0.25) is 19.7 Å². The SMILES string of the molecule is CCCOc1ccc(C(=O)CCC(=O)NCCc2cc(OC)c(OC)cc2[N+](=O)[O-])cc1. The van der Waals surface area contributed by atoms with Crippen LogP contribution in [0.15, 0.2) is 36.4 Å². The van der Waals surface area contributed by atoms with E-state index >= 15 is 0 Å². The number of benzene rings is 2. The van der Waals surface area contributed by atoms with Gasteiger partial charge in [0.05, 0.1) is 31.8 Å². The third kappa shape index (κ3) is 6.97. The predicted octanol–water partition coefficient (Wildman–Crippen LogP) is 3.72. The second-order valence-electron chi connectivity index (χ2n) is 6.99. The molecule has 172 valence electrons. The zero-order chi connectivity index (χ0) is 23.5. The highest BCUT2D eigenvalue weighted by Gasteiger charge is 2.19. The Labute approximate surface area is 186 Å². The first-order valence-corrected chi connectivity index (χ1v) is 10.3. The van der Waals surface area contributed by atoms with Crippen molar-refractivity contribution < 1.29 is 28.7 Å². The second kappa shape index (κ2) is 12.3. The summed E-state index contributed by atoms with van der Waals surface area (Å²) in [6, 6.07) is 9.66. The fraction of sp³-hybridized carbons (Fsp3) is 0.391. The molecule has 0 bridgehead atoms. The number of ether oxygens (including phenoxy) is 3. The standard InChI is InChI=1S/C23H28N2O7/c1-4-13-32-18-7-5-16(6-8-18)20(26)9-10-23(27)24-12-11-17-14-21(30-2)22(31-3)15-19(17)25(28)29/h5-8,14-15H,4,9-13H2,1-3H3,(H,24,27). The molecule has 0 atom stereocenters. The number of nitrogens with zero attached hydrogens (tertiary/aromatic N) is 1. The molecule has 0 saturated heterocycles. The molecular formula is C23H28N2O7. The highest BCUT2D eigenvalue weighted by atomic mass is 16.6. The molecule has 0 unspecified atom stereocenters. The lowest BCUT2D eigenvalue weighted by Gasteiger charge is -2.11. The number of hydrogen-bond acceptors (Lipinski definition) is 7. The Morgan fingerprint density at radius 2 is 1.69 bits per heavy atom. The Bertz CT molecular complexity index is 942. The van der Waals surface area contributed by atoms with E-state index in [9.17, 15) is 19.7 Å². The number of carbonyl (C=O) groups excluding carboxylic acids is 2. The number of methoxy groups -OCH3 is 2. The number of ketones is 1. The molecular weight excluding hydrogens is 416 g/mol. The average molecular weight is 444 g/mol. The van der Waals surface area contributed by atoms with Crippen LogP contribution in [0, 0.1) is 10.1 Å². The van der Waals surface area contributed by atoms with Crippen molar-refractivity contribution in [3.05, 3.63) is 57.6 Å². The van der Waals surface area contributed by atoms with Gasteiger partial charge in [0, 0.05) is 30.5 Å². The number of Topliss-reactive ketones (excluding diaryl/α,β-unsaturated/α-hetero) is 1. The minimum absolute atomic E-state index is 0.0287. The molecule has 1 amide bonds. The molecule has 9 heteroatoms. The van der Waals surface area contributed by atoms with Gasteiger partial charge in [-0.05, 0) is 43.2 Å². The lowest BCUT2D eigenvalue weighted by atomic mass is 10.1. The van der Waals surface area contributed by atoms with E-state index in [-0.39, 0.29) is 48.9 Å². The van der Waals surface area contributed by atoms with Crippen LogP contribution in [0.2, 0.25) is 0 Å². The third-order valence-electron chi connectivity index (χ3n) is 4.73. The summed E-state index contributed by atoms with van der Waals surface area (Å²) in [5.41, 5.74) is 0.815. The van der Waals surface area contributed by atoms with Crippen LogP contribution in [0.3, 0.4) is 0 Å². The number of rotatable bonds is 13. The van der Waals surface area contributed by atoms with E-state index < -0.39 is 4.92 Å². The van der Waals surface area contributed by atoms with Crippen LogP contribution in [0.25, 0.3) is 0 Å². The normalized spacial score (nSPS) is 10.3. The van der Waals surface area contributed by atoms with Crippen molar-refractivity contribution in [1.29, 1.82) is 0 Å². The van der Waals surface area contributed by atoms with E-state index in [0.717, 1.165) is 6.42 Å². The van der Waals surface area contributed by atoms with Crippen LogP contribution in [0.1, 0.15) is 42.1 Å². The Hall–Kier alpha value is -3.62. The number of amides is 1. The van der Waals surface area contributed by atoms with Crippen LogP contribution in [-0.4, -0.2) is 44.0 Å². The van der Waals surface area contributed by atoms with Crippen LogP contribution in [-0.2, 0) is 11.2 Å². The number of nitro groups is 1. The number of nitrogens with one attached hydrogen (secondary N) is 1. The maximum atomic E-state index is 12.3. The summed E-state index contributed by atoms with van der Waals surface area (Å²) in [7, 11) is 2.84. The van der Waals surface area contributed by atoms with E-state index in [1.54, 1.807) is 24.3 Å². The topological polar surface area (TPSA) is 117 Å². The Kier molecular flexibility index (Phi) is 9.46. The zero-order valence-electron chi connectivity index (χ0n) is 18.5. The molecule has 0 radical (unpaired) electrons. The van der Waals surface area contributed by atoms with Gasteiger partial charge in [0.2, 0.25) is 5.91 Å². The van der Waals surface area contributed by atoms with Gasteiger partial charge in [0.15, 0.2) is 17.3 Å². The first-order valence-electron chi connectivity index (χ1n) is 10.3. The molecule has 0 spiro atoms. The summed E-state index contributed by atoms with van der Waals surface area (Å²) in [6.45, 7) is 2.81. The van der Waals surface area contributed by atoms with Crippen molar-refractivity contribution in [2.24, 2.45) is 0 Å². The van der Waals surface area contributed by atoms with Crippen molar-refractivity contribution in [1.82, 2.24) is 5.32 Å². The summed E-state index contributed by atoms with van der Waals surface area (Å²) in [5.74, 6) is 0.888. The van der Waals surface area contributed by atoms with E-state index in [0.29, 0.717) is 29.2 Å². The molecule has 0 heterocycles. The zero-order valence-corrected chi connectivity index (χ0v) is 18.5. The van der Waals surface area contributed by atoms with Crippen molar-refractivity contribution in [2.75, 3.05) is 27.4 Å². The third-order valence-corrected chi connectivity index (χ3v) is 4.73. The summed E-state index contributed by atoms with van der Waals surface area (Å²) in [5, 5.41) is 14.0. The van der Waals surface area contributed by atoms with Crippen LogP contribution < -0.4 is 19.5 Å². The van der Waals surface area contributed by atoms with Crippen molar-refractivity contribution in [2.45, 2.75) is 32.6 Å². The Morgan fingerprint density at radius 3 is 2.28 bits per heavy atom. The van der Waals surface area contributed by atoms with Gasteiger partial charge in [-0.2, -0.15) is 0 Å². The Balaban J connectivity index is 1.86. The van der Waals surface area contributed by atoms with Gasteiger partial charge in [0.25, 0.3) is 5.69 Å². The number of carbonyl (C=O) groups is 2. The Morgan fingerprint density at radius 1 is 1.03 bits per heavy atom. The van der Waals surface area contributed by atoms with Gasteiger partial charge in [-0.1, -0.05) is 6.92 Å². The maximum absolute atomic E-state index is 12.3. The minimum atomic E-state index is -0.504. The summed E-state index contributed by atoms with van der Waals surface area (Å²) >= 11 is 0. The number of hydrogen-bond donors (Lipinski definition) is 1. The first-order chi connectivity index (χ1) is 15.4. The largest absolute Gasteiger partial charge is 0.494 e. The predicted molar refractivity (Wildman–Crippen MR) is 119 cm³/mol. The molecule has 2 aromatic carbocycles. The van der Waals surface area contributed by atoms with Crippen molar-refractivity contribution >= 4 is 17.4 Å². The lowest BCUT2D eigenvalue weighted by Crippen LogP contribution is -2.26. The molecule has 0 aliphatic rings. The fourth-order valence-corrected chi connectivity index (χ4v) is 3.03. The van der Waals surface area contributed by atoms with E-state index in [1.165, 1.54) is 26.4 Å². The van der Waals surface area contributed by atoms with Gasteiger partial charge in [-0.25, -0.2) is 0 Å². The van der Waals surface area contributed by atoms with Gasteiger partial charge in [0.1, 0.15) is 5.75 Å². The van der Waals surface area contributed by atoms with Gasteiger partial charge < -0.3 is 19.5 Å². The van der Waals surface area contributed by atoms with Crippen LogP contribution >= 0.6 is 0 Å². The second-order valence-corrected chi connectivity index (χ2v) is 6.99. The molecule has 0 aliphatic carbocycles. The van der Waals surface area contributed by atoms with Gasteiger partial charge >= 0.3 is 0 Å². The van der Waals surface area contributed by atoms with Gasteiger partial charge in [-0.15, -0.1) is 0 Å². The quantitative estimate of drug-likeness (QED) is 0.284. The fourth-order valence-electron chi connectivity index (χ4n) is 3.03. The molecule has 0 fully saturated rings. The highest BCUT2D eigenvalue weighted by Crippen LogP contribution is 2.34. The smallest absolute Gasteiger partial charge is 0.276 e.